The van der Waals surface area contributed by atoms with E-state index in [-0.39, 0.29) is 10.8 Å². The minimum atomic E-state index is -3.70. The Kier molecular flexibility index (Phi) is 6.18. The van der Waals surface area contributed by atoms with E-state index in [9.17, 15) is 8.42 Å². The lowest BCUT2D eigenvalue weighted by molar-refractivity contribution is 0.576. The lowest BCUT2D eigenvalue weighted by Crippen LogP contribution is -2.26. The maximum Gasteiger partial charge on any atom is 0.241 e. The highest BCUT2D eigenvalue weighted by Gasteiger charge is 2.20. The highest BCUT2D eigenvalue weighted by atomic mass is 35.5. The van der Waals surface area contributed by atoms with Gasteiger partial charge in [-0.1, -0.05) is 96.5 Å². The number of rotatable bonds is 7. The molecule has 152 valence electrons. The van der Waals surface area contributed by atoms with Crippen LogP contribution in [0.15, 0.2) is 102 Å². The summed E-state index contributed by atoms with van der Waals surface area (Å²) in [7, 11) is -3.70. The summed E-state index contributed by atoms with van der Waals surface area (Å²) in [5, 5.41) is 1.79. The zero-order chi connectivity index (χ0) is 21.0. The van der Waals surface area contributed by atoms with Gasteiger partial charge in [-0.3, -0.25) is 0 Å². The minimum absolute atomic E-state index is 0.103. The molecule has 30 heavy (non-hydrogen) atoms. The Morgan fingerprint density at radius 1 is 0.733 bits per heavy atom. The van der Waals surface area contributed by atoms with Gasteiger partial charge in [-0.25, -0.2) is 13.1 Å². The Labute approximate surface area is 182 Å². The molecule has 5 heteroatoms. The molecule has 0 spiro atoms. The first-order chi connectivity index (χ1) is 14.6. The van der Waals surface area contributed by atoms with Crippen LogP contribution in [0.4, 0.5) is 0 Å². The van der Waals surface area contributed by atoms with Crippen LogP contribution in [0.25, 0.3) is 10.8 Å². The topological polar surface area (TPSA) is 46.2 Å². The first-order valence-electron chi connectivity index (χ1n) is 9.83. The van der Waals surface area contributed by atoms with Gasteiger partial charge < -0.3 is 0 Å². The SMILES string of the molecule is O=S(=O)(NCCC(c1ccccc1)c1ccccc1)c1cccc2cccc(Cl)c12. The van der Waals surface area contributed by atoms with E-state index in [4.69, 9.17) is 11.6 Å². The maximum atomic E-state index is 13.1. The molecule has 0 aliphatic carbocycles. The summed E-state index contributed by atoms with van der Waals surface area (Å²) in [6.07, 6.45) is 0.645. The van der Waals surface area contributed by atoms with Crippen molar-refractivity contribution in [3.63, 3.8) is 0 Å². The van der Waals surface area contributed by atoms with Crippen molar-refractivity contribution >= 4 is 32.4 Å². The van der Waals surface area contributed by atoms with Crippen molar-refractivity contribution in [3.8, 4) is 0 Å². The van der Waals surface area contributed by atoms with Crippen molar-refractivity contribution in [2.45, 2.75) is 17.2 Å². The molecule has 0 aliphatic heterocycles. The molecular formula is C25H22ClNO2S. The molecular weight excluding hydrogens is 414 g/mol. The summed E-state index contributed by atoms with van der Waals surface area (Å²) >= 11 is 6.32. The third kappa shape index (κ3) is 4.41. The van der Waals surface area contributed by atoms with Gasteiger partial charge in [0.2, 0.25) is 10.0 Å². The molecule has 4 rings (SSSR count). The maximum absolute atomic E-state index is 13.1. The van der Waals surface area contributed by atoms with Gasteiger partial charge in [-0.15, -0.1) is 0 Å². The Morgan fingerprint density at radius 2 is 1.30 bits per heavy atom. The molecule has 0 bridgehead atoms. The van der Waals surface area contributed by atoms with Gasteiger partial charge in [-0.2, -0.15) is 0 Å². The third-order valence-corrected chi connectivity index (χ3v) is 7.05. The summed E-state index contributed by atoms with van der Waals surface area (Å²) < 4.78 is 28.9. The van der Waals surface area contributed by atoms with Crippen LogP contribution in [0.5, 0.6) is 0 Å². The van der Waals surface area contributed by atoms with E-state index in [2.05, 4.69) is 29.0 Å². The van der Waals surface area contributed by atoms with E-state index in [0.29, 0.717) is 23.4 Å². The molecule has 1 N–H and O–H groups in total. The Hall–Kier alpha value is -2.66. The summed E-state index contributed by atoms with van der Waals surface area (Å²) in [5.74, 6) is 0.103. The van der Waals surface area contributed by atoms with Gasteiger partial charge in [0.1, 0.15) is 0 Å². The fourth-order valence-electron chi connectivity index (χ4n) is 3.80. The first kappa shape index (κ1) is 20.6. The Bertz CT molecular complexity index is 1200. The third-order valence-electron chi connectivity index (χ3n) is 5.23. The van der Waals surface area contributed by atoms with E-state index >= 15 is 0 Å². The van der Waals surface area contributed by atoms with Gasteiger partial charge in [0.15, 0.2) is 0 Å². The molecule has 4 aromatic rings. The second kappa shape index (κ2) is 9.00. The van der Waals surface area contributed by atoms with Crippen molar-refractivity contribution in [1.29, 1.82) is 0 Å². The van der Waals surface area contributed by atoms with Crippen LogP contribution in [0, 0.1) is 0 Å². The summed E-state index contributed by atoms with van der Waals surface area (Å²) in [6, 6.07) is 30.9. The molecule has 4 aromatic carbocycles. The number of fused-ring (bicyclic) bond motifs is 1. The quantitative estimate of drug-likeness (QED) is 0.387. The summed E-state index contributed by atoms with van der Waals surface area (Å²) in [5.41, 5.74) is 2.33. The molecule has 0 saturated heterocycles. The molecule has 0 saturated carbocycles. The van der Waals surface area contributed by atoms with E-state index in [1.165, 1.54) is 0 Å². The first-order valence-corrected chi connectivity index (χ1v) is 11.7. The normalized spacial score (nSPS) is 11.8. The molecule has 3 nitrogen and oxygen atoms in total. The van der Waals surface area contributed by atoms with Crippen LogP contribution in [-0.2, 0) is 10.0 Å². The lowest BCUT2D eigenvalue weighted by Gasteiger charge is -2.19. The van der Waals surface area contributed by atoms with Crippen molar-refractivity contribution in [2.75, 3.05) is 6.54 Å². The lowest BCUT2D eigenvalue weighted by atomic mass is 9.89. The number of hydrogen-bond acceptors (Lipinski definition) is 2. The monoisotopic (exact) mass is 435 g/mol. The molecule has 0 aliphatic rings. The van der Waals surface area contributed by atoms with Crippen LogP contribution >= 0.6 is 11.6 Å². The van der Waals surface area contributed by atoms with E-state index in [1.807, 2.05) is 54.6 Å². The highest BCUT2D eigenvalue weighted by molar-refractivity contribution is 7.89. The molecule has 0 atom stereocenters. The van der Waals surface area contributed by atoms with Crippen LogP contribution in [0.2, 0.25) is 5.02 Å². The average molecular weight is 436 g/mol. The second-order valence-electron chi connectivity index (χ2n) is 7.15. The predicted octanol–water partition coefficient (Wildman–Crippen LogP) is 5.99. The Balaban J connectivity index is 1.58. The standard InChI is InChI=1S/C25H22ClNO2S/c26-23-15-7-13-21-14-8-16-24(25(21)23)30(28,29)27-18-17-22(19-9-3-1-4-10-19)20-11-5-2-6-12-20/h1-16,22,27H,17-18H2. The number of hydrogen-bond donors (Lipinski definition) is 1. The number of benzene rings is 4. The van der Waals surface area contributed by atoms with Crippen molar-refractivity contribution in [3.05, 3.63) is 113 Å². The van der Waals surface area contributed by atoms with Crippen LogP contribution in [0.1, 0.15) is 23.5 Å². The summed E-state index contributed by atoms with van der Waals surface area (Å²) in [6.45, 7) is 0.317. The van der Waals surface area contributed by atoms with E-state index < -0.39 is 10.0 Å². The number of sulfonamides is 1. The van der Waals surface area contributed by atoms with Gasteiger partial charge in [0.05, 0.1) is 4.90 Å². The van der Waals surface area contributed by atoms with Gasteiger partial charge in [-0.05, 0) is 35.1 Å². The van der Waals surface area contributed by atoms with E-state index in [0.717, 1.165) is 16.5 Å². The zero-order valence-electron chi connectivity index (χ0n) is 16.3. The highest BCUT2D eigenvalue weighted by Crippen LogP contribution is 2.30. The largest absolute Gasteiger partial charge is 0.241 e. The fourth-order valence-corrected chi connectivity index (χ4v) is 5.43. The van der Waals surface area contributed by atoms with Crippen molar-refractivity contribution in [2.24, 2.45) is 0 Å². The van der Waals surface area contributed by atoms with E-state index in [1.54, 1.807) is 18.2 Å². The van der Waals surface area contributed by atoms with Crippen molar-refractivity contribution in [1.82, 2.24) is 4.72 Å². The van der Waals surface area contributed by atoms with Crippen LogP contribution < -0.4 is 4.72 Å². The zero-order valence-corrected chi connectivity index (χ0v) is 17.9. The van der Waals surface area contributed by atoms with Gasteiger partial charge in [0.25, 0.3) is 0 Å². The molecule has 0 radical (unpaired) electrons. The molecule has 0 fully saturated rings. The smallest absolute Gasteiger partial charge is 0.211 e. The second-order valence-corrected chi connectivity index (χ2v) is 9.30. The van der Waals surface area contributed by atoms with Gasteiger partial charge in [0, 0.05) is 22.9 Å². The van der Waals surface area contributed by atoms with Crippen LogP contribution in [0.3, 0.4) is 0 Å². The summed E-state index contributed by atoms with van der Waals surface area (Å²) in [4.78, 5) is 0.210. The Morgan fingerprint density at radius 3 is 1.90 bits per heavy atom. The van der Waals surface area contributed by atoms with Crippen LogP contribution in [-0.4, -0.2) is 15.0 Å². The number of nitrogens with one attached hydrogen (secondary N) is 1. The molecule has 0 aromatic heterocycles. The molecule has 0 unspecified atom stereocenters. The molecule has 0 heterocycles. The fraction of sp³-hybridized carbons (Fsp3) is 0.120. The average Bonchev–Trinajstić information content (AvgIpc) is 2.78. The molecule has 0 amide bonds. The minimum Gasteiger partial charge on any atom is -0.211 e. The predicted molar refractivity (Wildman–Crippen MR) is 123 cm³/mol. The van der Waals surface area contributed by atoms with Gasteiger partial charge >= 0.3 is 0 Å². The van der Waals surface area contributed by atoms with Crippen molar-refractivity contribution < 1.29 is 8.42 Å². The number of halogens is 1.